The summed E-state index contributed by atoms with van der Waals surface area (Å²) in [5.74, 6) is -0.0883. The van der Waals surface area contributed by atoms with Crippen LogP contribution in [-0.2, 0) is 14.3 Å². The maximum absolute atomic E-state index is 12.3. The molecule has 0 amide bonds. The molecule has 3 atom stereocenters. The molecule has 2 rings (SSSR count). The molecule has 0 spiro atoms. The maximum atomic E-state index is 12.3. The zero-order valence-electron chi connectivity index (χ0n) is 13.0. The van der Waals surface area contributed by atoms with Crippen LogP contribution in [-0.4, -0.2) is 62.4 Å². The second-order valence-electron chi connectivity index (χ2n) is 5.94. The predicted molar refractivity (Wildman–Crippen MR) is 77.7 cm³/mol. The quantitative estimate of drug-likeness (QED) is 0.768. The van der Waals surface area contributed by atoms with E-state index in [2.05, 4.69) is 10.2 Å². The lowest BCUT2D eigenvalue weighted by atomic mass is 9.78. The van der Waals surface area contributed by atoms with Crippen molar-refractivity contribution in [2.45, 2.75) is 56.7 Å². The van der Waals surface area contributed by atoms with Crippen LogP contribution in [0.15, 0.2) is 0 Å². The average Bonchev–Trinajstić information content (AvgIpc) is 2.96. The number of hydrogen-bond donors (Lipinski definition) is 1. The normalized spacial score (nSPS) is 35.1. The van der Waals surface area contributed by atoms with Crippen LogP contribution < -0.4 is 5.32 Å². The fraction of sp³-hybridized carbons (Fsp3) is 0.933. The topological polar surface area (TPSA) is 50.8 Å². The molecule has 2 aliphatic rings. The Kier molecular flexibility index (Phi) is 5.41. The van der Waals surface area contributed by atoms with Gasteiger partial charge in [-0.15, -0.1) is 0 Å². The van der Waals surface area contributed by atoms with Gasteiger partial charge in [-0.05, 0) is 46.1 Å². The first-order chi connectivity index (χ1) is 9.65. The van der Waals surface area contributed by atoms with E-state index in [9.17, 15) is 4.79 Å². The van der Waals surface area contributed by atoms with Gasteiger partial charge in [-0.3, -0.25) is 9.69 Å². The lowest BCUT2D eigenvalue weighted by Crippen LogP contribution is -2.57. The van der Waals surface area contributed by atoms with Gasteiger partial charge in [0.25, 0.3) is 0 Å². The van der Waals surface area contributed by atoms with Gasteiger partial charge in [-0.2, -0.15) is 0 Å². The minimum Gasteiger partial charge on any atom is -0.465 e. The van der Waals surface area contributed by atoms with Gasteiger partial charge in [0.2, 0.25) is 0 Å². The van der Waals surface area contributed by atoms with Crippen LogP contribution in [0.5, 0.6) is 0 Å². The molecule has 0 radical (unpaired) electrons. The minimum atomic E-state index is -0.496. The van der Waals surface area contributed by atoms with Gasteiger partial charge in [-0.25, -0.2) is 0 Å². The molecule has 1 aliphatic carbocycles. The molecular weight excluding hydrogens is 256 g/mol. The van der Waals surface area contributed by atoms with Gasteiger partial charge in [0.15, 0.2) is 0 Å². The Balaban J connectivity index is 2.01. The van der Waals surface area contributed by atoms with Gasteiger partial charge in [0.05, 0.1) is 12.7 Å². The first kappa shape index (κ1) is 15.7. The first-order valence-electron chi connectivity index (χ1n) is 7.78. The number of carbonyl (C=O) groups excluding carboxylic acids is 1. The first-order valence-corrected chi connectivity index (χ1v) is 7.78. The van der Waals surface area contributed by atoms with Crippen LogP contribution in [0.3, 0.4) is 0 Å². The molecule has 0 aromatic heterocycles. The van der Waals surface area contributed by atoms with Crippen molar-refractivity contribution in [2.75, 3.05) is 33.9 Å². The van der Waals surface area contributed by atoms with Gasteiger partial charge in [0, 0.05) is 26.2 Å². The number of ether oxygens (including phenoxy) is 2. The number of nitrogens with zero attached hydrogens (tertiary/aromatic N) is 1. The monoisotopic (exact) mass is 284 g/mol. The Labute approximate surface area is 122 Å². The Hall–Kier alpha value is -0.650. The average molecular weight is 284 g/mol. The molecular formula is C15H28N2O3. The van der Waals surface area contributed by atoms with E-state index in [0.29, 0.717) is 18.8 Å². The van der Waals surface area contributed by atoms with Crippen molar-refractivity contribution in [1.82, 2.24) is 10.2 Å². The second-order valence-corrected chi connectivity index (χ2v) is 5.94. The van der Waals surface area contributed by atoms with Crippen molar-refractivity contribution in [3.63, 3.8) is 0 Å². The lowest BCUT2D eigenvalue weighted by molar-refractivity contribution is -0.153. The largest absolute Gasteiger partial charge is 0.465 e. The maximum Gasteiger partial charge on any atom is 0.326 e. The van der Waals surface area contributed by atoms with E-state index in [0.717, 1.165) is 38.8 Å². The van der Waals surface area contributed by atoms with Crippen LogP contribution in [0.2, 0.25) is 0 Å². The summed E-state index contributed by atoms with van der Waals surface area (Å²) >= 11 is 0. The number of carbonyl (C=O) groups is 1. The summed E-state index contributed by atoms with van der Waals surface area (Å²) in [7, 11) is 3.66. The van der Waals surface area contributed by atoms with Crippen molar-refractivity contribution in [3.8, 4) is 0 Å². The lowest BCUT2D eigenvalue weighted by Gasteiger charge is -2.42. The summed E-state index contributed by atoms with van der Waals surface area (Å²) in [5, 5.41) is 3.25. The molecule has 0 aromatic carbocycles. The van der Waals surface area contributed by atoms with Crippen molar-refractivity contribution >= 4 is 5.97 Å². The van der Waals surface area contributed by atoms with Crippen LogP contribution in [0, 0.1) is 0 Å². The van der Waals surface area contributed by atoms with E-state index in [1.165, 1.54) is 6.42 Å². The van der Waals surface area contributed by atoms with Crippen LogP contribution in [0.1, 0.15) is 39.0 Å². The standard InChI is InChI=1S/C15H28N2O3/c1-4-20-14(18)15(16-2)8-5-6-12(10-15)17-9-7-13(11-17)19-3/h12-13,16H,4-11H2,1-3H3. The van der Waals surface area contributed by atoms with E-state index in [4.69, 9.17) is 9.47 Å². The van der Waals surface area contributed by atoms with Crippen molar-refractivity contribution in [2.24, 2.45) is 0 Å². The molecule has 1 saturated heterocycles. The van der Waals surface area contributed by atoms with Crippen LogP contribution >= 0.6 is 0 Å². The van der Waals surface area contributed by atoms with E-state index in [1.54, 1.807) is 7.11 Å². The Morgan fingerprint density at radius 2 is 2.25 bits per heavy atom. The molecule has 1 saturated carbocycles. The Bertz CT molecular complexity index is 337. The number of esters is 1. The molecule has 5 heteroatoms. The molecule has 20 heavy (non-hydrogen) atoms. The van der Waals surface area contributed by atoms with E-state index < -0.39 is 5.54 Å². The summed E-state index contributed by atoms with van der Waals surface area (Å²) in [5.41, 5.74) is -0.496. The second kappa shape index (κ2) is 6.87. The van der Waals surface area contributed by atoms with Crippen molar-refractivity contribution in [3.05, 3.63) is 0 Å². The van der Waals surface area contributed by atoms with Gasteiger partial charge in [0.1, 0.15) is 5.54 Å². The summed E-state index contributed by atoms with van der Waals surface area (Å²) in [6.07, 6.45) is 5.40. The van der Waals surface area contributed by atoms with Gasteiger partial charge >= 0.3 is 5.97 Å². The molecule has 2 fully saturated rings. The highest BCUT2D eigenvalue weighted by Gasteiger charge is 2.45. The summed E-state index contributed by atoms with van der Waals surface area (Å²) in [4.78, 5) is 14.8. The van der Waals surface area contributed by atoms with E-state index in [-0.39, 0.29) is 5.97 Å². The highest BCUT2D eigenvalue weighted by Crippen LogP contribution is 2.33. The molecule has 3 unspecified atom stereocenters. The summed E-state index contributed by atoms with van der Waals surface area (Å²) in [6.45, 7) is 4.38. The summed E-state index contributed by atoms with van der Waals surface area (Å²) < 4.78 is 10.7. The third-order valence-corrected chi connectivity index (χ3v) is 4.90. The van der Waals surface area contributed by atoms with E-state index in [1.807, 2.05) is 14.0 Å². The molecule has 0 bridgehead atoms. The van der Waals surface area contributed by atoms with Crippen LogP contribution in [0.25, 0.3) is 0 Å². The van der Waals surface area contributed by atoms with Crippen molar-refractivity contribution in [1.29, 1.82) is 0 Å². The molecule has 116 valence electrons. The van der Waals surface area contributed by atoms with Crippen LogP contribution in [0.4, 0.5) is 0 Å². The van der Waals surface area contributed by atoms with Gasteiger partial charge in [-0.1, -0.05) is 0 Å². The third kappa shape index (κ3) is 3.15. The Morgan fingerprint density at radius 1 is 1.45 bits per heavy atom. The molecule has 1 heterocycles. The number of likely N-dealkylation sites (tertiary alicyclic amines) is 1. The number of hydrogen-bond acceptors (Lipinski definition) is 5. The fourth-order valence-corrected chi connectivity index (χ4v) is 3.62. The zero-order chi connectivity index (χ0) is 14.6. The molecule has 1 N–H and O–H groups in total. The van der Waals surface area contributed by atoms with E-state index >= 15 is 0 Å². The highest BCUT2D eigenvalue weighted by atomic mass is 16.5. The Morgan fingerprint density at radius 3 is 2.85 bits per heavy atom. The zero-order valence-corrected chi connectivity index (χ0v) is 13.0. The number of nitrogens with one attached hydrogen (secondary N) is 1. The predicted octanol–water partition coefficient (Wildman–Crippen LogP) is 1.17. The molecule has 1 aliphatic heterocycles. The van der Waals surface area contributed by atoms with Gasteiger partial charge < -0.3 is 14.8 Å². The molecule has 0 aromatic rings. The third-order valence-electron chi connectivity index (χ3n) is 4.90. The minimum absolute atomic E-state index is 0.0883. The molecule has 5 nitrogen and oxygen atoms in total. The number of methoxy groups -OCH3 is 1. The number of rotatable bonds is 5. The highest BCUT2D eigenvalue weighted by molar-refractivity contribution is 5.81. The van der Waals surface area contributed by atoms with Crippen molar-refractivity contribution < 1.29 is 14.3 Å². The fourth-order valence-electron chi connectivity index (χ4n) is 3.62. The smallest absolute Gasteiger partial charge is 0.326 e. The SMILES string of the molecule is CCOC(=O)C1(NC)CCCC(N2CCC(OC)C2)C1. The number of likely N-dealkylation sites (N-methyl/N-ethyl adjacent to an activating group) is 1. The summed E-state index contributed by atoms with van der Waals surface area (Å²) in [6, 6.07) is 0.459.